The lowest BCUT2D eigenvalue weighted by atomic mass is 10.0. The lowest BCUT2D eigenvalue weighted by molar-refractivity contribution is 0.496. The summed E-state index contributed by atoms with van der Waals surface area (Å²) < 4.78 is 54.9. The van der Waals surface area contributed by atoms with E-state index >= 15 is 4.39 Å². The Morgan fingerprint density at radius 3 is 2.61 bits per heavy atom. The highest BCUT2D eigenvalue weighted by molar-refractivity contribution is 7.91. The van der Waals surface area contributed by atoms with Crippen LogP contribution in [0.4, 0.5) is 20.3 Å². The summed E-state index contributed by atoms with van der Waals surface area (Å²) in [6, 6.07) is 12.7. The first-order valence-electron chi connectivity index (χ1n) is 12.8. The Balaban J connectivity index is 1.46. The molecule has 0 radical (unpaired) electrons. The molecule has 2 aliphatic rings. The third-order valence-corrected chi connectivity index (χ3v) is 8.83. The van der Waals surface area contributed by atoms with E-state index in [-0.39, 0.29) is 30.2 Å². The summed E-state index contributed by atoms with van der Waals surface area (Å²) in [5, 5.41) is 20.6. The van der Waals surface area contributed by atoms with E-state index in [9.17, 15) is 12.8 Å². The molecule has 1 aromatic heterocycles. The average molecular weight is 541 g/mol. The first-order chi connectivity index (χ1) is 18.3. The maximum absolute atomic E-state index is 15.3. The fourth-order valence-corrected chi connectivity index (χ4v) is 6.22. The number of aromatic nitrogens is 2. The Bertz CT molecular complexity index is 1440. The van der Waals surface area contributed by atoms with Gasteiger partial charge in [-0.2, -0.15) is 5.26 Å². The second-order valence-electron chi connectivity index (χ2n) is 9.84. The fourth-order valence-electron chi connectivity index (χ4n) is 5.02. The molecule has 0 saturated carbocycles. The highest BCUT2D eigenvalue weighted by atomic mass is 32.2. The number of rotatable bonds is 6. The van der Waals surface area contributed by atoms with Crippen LogP contribution in [-0.4, -0.2) is 62.4 Å². The third kappa shape index (κ3) is 5.81. The van der Waals surface area contributed by atoms with Crippen LogP contribution in [0.3, 0.4) is 0 Å². The monoisotopic (exact) mass is 540 g/mol. The van der Waals surface area contributed by atoms with Crippen LogP contribution in [0.25, 0.3) is 16.9 Å². The van der Waals surface area contributed by atoms with Gasteiger partial charge in [-0.05, 0) is 62.5 Å². The largest absolute Gasteiger partial charge is 0.368 e. The molecule has 1 atom stereocenters. The highest BCUT2D eigenvalue weighted by Crippen LogP contribution is 2.30. The van der Waals surface area contributed by atoms with Gasteiger partial charge in [0, 0.05) is 37.3 Å². The average Bonchev–Trinajstić information content (AvgIpc) is 3.15. The van der Waals surface area contributed by atoms with Crippen molar-refractivity contribution in [3.63, 3.8) is 0 Å². The lowest BCUT2D eigenvalue weighted by Gasteiger charge is -2.29. The van der Waals surface area contributed by atoms with E-state index in [1.54, 1.807) is 33.8 Å². The van der Waals surface area contributed by atoms with E-state index in [0.717, 1.165) is 38.9 Å². The van der Waals surface area contributed by atoms with Gasteiger partial charge in [0.25, 0.3) is 0 Å². The summed E-state index contributed by atoms with van der Waals surface area (Å²) in [5.74, 6) is -0.0555. The second-order valence-corrected chi connectivity index (χ2v) is 12.1. The Morgan fingerprint density at radius 2 is 1.87 bits per heavy atom. The van der Waals surface area contributed by atoms with Crippen molar-refractivity contribution in [1.29, 1.82) is 5.26 Å². The number of nitrogens with one attached hydrogen (secondary N) is 2. The summed E-state index contributed by atoms with van der Waals surface area (Å²) in [6.07, 6.45) is 3.29. The van der Waals surface area contributed by atoms with Gasteiger partial charge in [-0.25, -0.2) is 21.9 Å². The van der Waals surface area contributed by atoms with Crippen LogP contribution < -0.4 is 15.5 Å². The number of benzene rings is 2. The smallest absolute Gasteiger partial charge is 0.153 e. The summed E-state index contributed by atoms with van der Waals surface area (Å²) in [7, 11) is -3.09. The van der Waals surface area contributed by atoms with E-state index in [1.165, 1.54) is 18.2 Å². The highest BCUT2D eigenvalue weighted by Gasteiger charge is 2.24. The van der Waals surface area contributed by atoms with Crippen LogP contribution in [0.5, 0.6) is 0 Å². The van der Waals surface area contributed by atoms with E-state index < -0.39 is 21.5 Å². The van der Waals surface area contributed by atoms with E-state index in [0.29, 0.717) is 34.4 Å². The summed E-state index contributed by atoms with van der Waals surface area (Å²) in [5.41, 5.74) is 1.78. The van der Waals surface area contributed by atoms with Gasteiger partial charge in [0.05, 0.1) is 34.1 Å². The maximum Gasteiger partial charge on any atom is 0.153 e. The van der Waals surface area contributed by atoms with Crippen LogP contribution in [0.15, 0.2) is 42.5 Å². The van der Waals surface area contributed by atoms with Crippen molar-refractivity contribution in [1.82, 2.24) is 15.1 Å². The predicted molar refractivity (Wildman–Crippen MR) is 143 cm³/mol. The number of nitriles is 1. The van der Waals surface area contributed by atoms with Crippen molar-refractivity contribution in [3.05, 3.63) is 59.7 Å². The van der Waals surface area contributed by atoms with Gasteiger partial charge in [-0.1, -0.05) is 6.07 Å². The molecule has 2 N–H and O–H groups in total. The molecular formula is C27H30F2N6O2S. The molecule has 2 aliphatic heterocycles. The Labute approximate surface area is 221 Å². The molecule has 8 nitrogen and oxygen atoms in total. The van der Waals surface area contributed by atoms with Crippen molar-refractivity contribution in [3.8, 4) is 23.0 Å². The number of halogens is 2. The van der Waals surface area contributed by atoms with Crippen LogP contribution in [0, 0.1) is 28.9 Å². The van der Waals surface area contributed by atoms with Gasteiger partial charge in [0.1, 0.15) is 23.5 Å². The topological polar surface area (TPSA) is 103 Å². The van der Waals surface area contributed by atoms with Crippen molar-refractivity contribution in [2.24, 2.45) is 5.92 Å². The Kier molecular flexibility index (Phi) is 7.63. The summed E-state index contributed by atoms with van der Waals surface area (Å²) in [6.45, 7) is 3.21. The van der Waals surface area contributed by atoms with E-state index in [2.05, 4.69) is 15.7 Å². The molecule has 0 aliphatic carbocycles. The van der Waals surface area contributed by atoms with Crippen molar-refractivity contribution >= 4 is 21.3 Å². The molecule has 38 heavy (non-hydrogen) atoms. The first-order valence-corrected chi connectivity index (χ1v) is 14.6. The Morgan fingerprint density at radius 1 is 1.05 bits per heavy atom. The number of nitrogens with zero attached hydrogens (tertiary/aromatic N) is 4. The lowest BCUT2D eigenvalue weighted by Crippen LogP contribution is -2.40. The standard InChI is InChI=1S/C27H30F2N6O2S/c28-23-14-20(3-4-21(23)17-30)26-16-27(32-18-19-2-1-8-31-9-7-19)33-35(26)22-5-6-25(24(29)15-22)34-10-12-38(36,37)13-11-34/h3-6,14-16,19,31H,1-2,7-13,18H2,(H,32,33)/t19-/m1/s1. The van der Waals surface area contributed by atoms with E-state index in [4.69, 9.17) is 5.26 Å². The minimum atomic E-state index is -3.09. The van der Waals surface area contributed by atoms with Crippen LogP contribution in [0.2, 0.25) is 0 Å². The maximum atomic E-state index is 15.3. The van der Waals surface area contributed by atoms with Gasteiger partial charge in [-0.3, -0.25) is 0 Å². The molecule has 0 amide bonds. The SMILES string of the molecule is N#Cc1ccc(-c2cc(NC[C@@H]3CCCNCC3)nn2-c2ccc(N3CCS(=O)(=O)CC3)c(F)c2)cc1F. The van der Waals surface area contributed by atoms with Crippen LogP contribution in [-0.2, 0) is 9.84 Å². The van der Waals surface area contributed by atoms with Gasteiger partial charge >= 0.3 is 0 Å². The number of anilines is 2. The minimum Gasteiger partial charge on any atom is -0.368 e. The molecule has 2 fully saturated rings. The molecule has 3 heterocycles. The Hall–Kier alpha value is -3.49. The van der Waals surface area contributed by atoms with Crippen molar-refractivity contribution in [2.75, 3.05) is 54.4 Å². The molecule has 0 bridgehead atoms. The van der Waals surface area contributed by atoms with Crippen molar-refractivity contribution < 1.29 is 17.2 Å². The molecular weight excluding hydrogens is 510 g/mol. The predicted octanol–water partition coefficient (Wildman–Crippen LogP) is 3.73. The molecule has 0 spiro atoms. The van der Waals surface area contributed by atoms with Gasteiger partial charge in [0.2, 0.25) is 0 Å². The molecule has 2 saturated heterocycles. The van der Waals surface area contributed by atoms with Gasteiger partial charge in [-0.15, -0.1) is 5.10 Å². The van der Waals surface area contributed by atoms with Gasteiger partial charge in [0.15, 0.2) is 9.84 Å². The fraction of sp³-hybridized carbons (Fsp3) is 0.407. The molecule has 2 aromatic carbocycles. The number of hydrogen-bond acceptors (Lipinski definition) is 7. The minimum absolute atomic E-state index is 0.00611. The summed E-state index contributed by atoms with van der Waals surface area (Å²) in [4.78, 5) is 1.73. The van der Waals surface area contributed by atoms with E-state index in [1.807, 2.05) is 6.07 Å². The molecule has 5 rings (SSSR count). The zero-order chi connectivity index (χ0) is 26.7. The molecule has 11 heteroatoms. The number of hydrogen-bond donors (Lipinski definition) is 2. The third-order valence-electron chi connectivity index (χ3n) is 7.22. The zero-order valence-corrected chi connectivity index (χ0v) is 21.8. The van der Waals surface area contributed by atoms with Gasteiger partial charge < -0.3 is 15.5 Å². The quantitative estimate of drug-likeness (QED) is 0.491. The zero-order valence-electron chi connectivity index (χ0n) is 21.0. The first kappa shape index (κ1) is 26.1. The second kappa shape index (κ2) is 11.1. The van der Waals surface area contributed by atoms with Crippen LogP contribution in [0.1, 0.15) is 24.8 Å². The summed E-state index contributed by atoms with van der Waals surface area (Å²) >= 11 is 0. The molecule has 0 unspecified atom stereocenters. The molecule has 200 valence electrons. The number of sulfone groups is 1. The van der Waals surface area contributed by atoms with Crippen molar-refractivity contribution in [2.45, 2.75) is 19.3 Å². The van der Waals surface area contributed by atoms with Crippen LogP contribution >= 0.6 is 0 Å². The molecule has 3 aromatic rings. The normalized spacial score (nSPS) is 19.5.